The first kappa shape index (κ1) is 24.0. The number of furan rings is 1. The van der Waals surface area contributed by atoms with Crippen molar-refractivity contribution in [3.05, 3.63) is 101 Å². The first-order valence-electron chi connectivity index (χ1n) is 11.5. The Balaban J connectivity index is 1.37. The highest BCUT2D eigenvalue weighted by Crippen LogP contribution is 2.47. The molecular formula is C27H20Cl2N2O5S. The van der Waals surface area contributed by atoms with E-state index in [4.69, 9.17) is 42.1 Å². The Labute approximate surface area is 225 Å². The zero-order valence-electron chi connectivity index (χ0n) is 19.7. The van der Waals surface area contributed by atoms with E-state index in [1.54, 1.807) is 47.9 Å². The fourth-order valence-corrected chi connectivity index (χ4v) is 6.41. The average Bonchev–Trinajstić information content (AvgIpc) is 3.42. The normalized spacial score (nSPS) is 22.0. The number of para-hydroxylation sites is 1. The van der Waals surface area contributed by atoms with Crippen LogP contribution in [0.15, 0.2) is 68.8 Å². The second-order valence-corrected chi connectivity index (χ2v) is 10.8. The zero-order valence-corrected chi connectivity index (χ0v) is 22.1. The number of nitrogens with zero attached hydrogens (tertiary/aromatic N) is 2. The van der Waals surface area contributed by atoms with Gasteiger partial charge in [0.2, 0.25) is 5.72 Å². The maximum Gasteiger partial charge on any atom is 0.271 e. The Morgan fingerprint density at radius 2 is 2.00 bits per heavy atom. The highest BCUT2D eigenvalue weighted by atomic mass is 35.5. The van der Waals surface area contributed by atoms with Gasteiger partial charge in [0.25, 0.3) is 5.56 Å². The molecule has 2 aromatic heterocycles. The van der Waals surface area contributed by atoms with E-state index in [1.165, 1.54) is 18.3 Å². The second kappa shape index (κ2) is 8.90. The Morgan fingerprint density at radius 1 is 1.19 bits per heavy atom. The molecule has 0 saturated carbocycles. The lowest BCUT2D eigenvalue weighted by Crippen LogP contribution is -2.58. The third-order valence-corrected chi connectivity index (χ3v) is 8.34. The van der Waals surface area contributed by atoms with Gasteiger partial charge in [-0.25, -0.2) is 4.99 Å². The summed E-state index contributed by atoms with van der Waals surface area (Å²) in [6.45, 7) is 3.45. The van der Waals surface area contributed by atoms with Gasteiger partial charge in [-0.2, -0.15) is 0 Å². The molecule has 0 radical (unpaired) electrons. The van der Waals surface area contributed by atoms with Crippen molar-refractivity contribution in [3.8, 4) is 11.5 Å². The molecule has 10 heteroatoms. The molecule has 6 rings (SSSR count). The summed E-state index contributed by atoms with van der Waals surface area (Å²) in [5, 5.41) is 0.732. The number of aromatic nitrogens is 1. The van der Waals surface area contributed by atoms with Crippen LogP contribution in [0.3, 0.4) is 0 Å². The summed E-state index contributed by atoms with van der Waals surface area (Å²) in [7, 11) is 0. The number of ketones is 1. The number of rotatable bonds is 5. The lowest BCUT2D eigenvalue weighted by atomic mass is 9.79. The Hall–Kier alpha value is -3.33. The van der Waals surface area contributed by atoms with Gasteiger partial charge in [-0.15, -0.1) is 0 Å². The van der Waals surface area contributed by atoms with Gasteiger partial charge in [0.1, 0.15) is 46.4 Å². The number of fused-ring (bicyclic) bond motifs is 6. The minimum atomic E-state index is -1.10. The van der Waals surface area contributed by atoms with E-state index in [-0.39, 0.29) is 17.9 Å². The molecule has 7 nitrogen and oxygen atoms in total. The topological polar surface area (TPSA) is 83.0 Å². The van der Waals surface area contributed by atoms with Crippen LogP contribution in [0.2, 0.25) is 10.0 Å². The minimum Gasteiger partial charge on any atom is -0.484 e. The maximum atomic E-state index is 13.6. The van der Waals surface area contributed by atoms with Crippen LogP contribution in [0.25, 0.3) is 6.08 Å². The molecule has 4 heterocycles. The Bertz CT molecular complexity index is 1740. The smallest absolute Gasteiger partial charge is 0.271 e. The second-order valence-electron chi connectivity index (χ2n) is 9.05. The van der Waals surface area contributed by atoms with Gasteiger partial charge in [0.05, 0.1) is 15.6 Å². The fourth-order valence-electron chi connectivity index (χ4n) is 4.98. The molecular weight excluding hydrogens is 535 g/mol. The van der Waals surface area contributed by atoms with Gasteiger partial charge in [0.15, 0.2) is 4.80 Å². The number of thiazole rings is 1. The molecule has 37 heavy (non-hydrogen) atoms. The van der Waals surface area contributed by atoms with E-state index < -0.39 is 17.7 Å². The number of benzene rings is 2. The van der Waals surface area contributed by atoms with E-state index in [1.807, 2.05) is 24.3 Å². The molecule has 188 valence electrons. The molecule has 0 unspecified atom stereocenters. The summed E-state index contributed by atoms with van der Waals surface area (Å²) in [6.07, 6.45) is 1.67. The van der Waals surface area contributed by atoms with E-state index in [0.717, 1.165) is 5.56 Å². The van der Waals surface area contributed by atoms with Crippen LogP contribution in [-0.4, -0.2) is 16.1 Å². The van der Waals surface area contributed by atoms with Crippen LogP contribution in [0, 0.1) is 5.92 Å². The third kappa shape index (κ3) is 4.00. The fraction of sp³-hybridized carbons (Fsp3) is 0.222. The van der Waals surface area contributed by atoms with Crippen LogP contribution < -0.4 is 24.4 Å². The average molecular weight is 555 g/mol. The first-order chi connectivity index (χ1) is 17.7. The number of carbonyl (C=O) groups is 1. The van der Waals surface area contributed by atoms with Crippen molar-refractivity contribution in [1.29, 1.82) is 0 Å². The quantitative estimate of drug-likeness (QED) is 0.355. The van der Waals surface area contributed by atoms with Crippen molar-refractivity contribution in [2.24, 2.45) is 10.9 Å². The van der Waals surface area contributed by atoms with Crippen LogP contribution in [0.1, 0.15) is 37.0 Å². The van der Waals surface area contributed by atoms with Gasteiger partial charge >= 0.3 is 0 Å². The van der Waals surface area contributed by atoms with Crippen LogP contribution in [0.4, 0.5) is 0 Å². The summed E-state index contributed by atoms with van der Waals surface area (Å²) in [5.74, 6) is 1.40. The van der Waals surface area contributed by atoms with Crippen molar-refractivity contribution < 1.29 is 18.7 Å². The molecule has 3 atom stereocenters. The predicted molar refractivity (Wildman–Crippen MR) is 140 cm³/mol. The van der Waals surface area contributed by atoms with Gasteiger partial charge in [0, 0.05) is 11.6 Å². The number of hydrogen-bond donors (Lipinski definition) is 0. The van der Waals surface area contributed by atoms with Crippen molar-refractivity contribution in [2.45, 2.75) is 32.2 Å². The molecule has 2 bridgehead atoms. The van der Waals surface area contributed by atoms with Gasteiger partial charge in [-0.1, -0.05) is 58.8 Å². The summed E-state index contributed by atoms with van der Waals surface area (Å²) in [6, 6.07) is 15.6. The molecule has 0 aliphatic carbocycles. The van der Waals surface area contributed by atoms with E-state index in [9.17, 15) is 9.59 Å². The van der Waals surface area contributed by atoms with E-state index >= 15 is 0 Å². The van der Waals surface area contributed by atoms with Gasteiger partial charge < -0.3 is 13.9 Å². The van der Waals surface area contributed by atoms with Crippen molar-refractivity contribution in [2.75, 3.05) is 0 Å². The molecule has 4 aromatic rings. The predicted octanol–water partition coefficient (Wildman–Crippen LogP) is 4.75. The van der Waals surface area contributed by atoms with Crippen molar-refractivity contribution >= 4 is 46.4 Å². The molecule has 0 spiro atoms. The summed E-state index contributed by atoms with van der Waals surface area (Å²) >= 11 is 13.5. The van der Waals surface area contributed by atoms with Crippen LogP contribution in [-0.2, 0) is 11.4 Å². The van der Waals surface area contributed by atoms with E-state index in [0.29, 0.717) is 42.4 Å². The number of ether oxygens (including phenoxy) is 2. The molecule has 2 aliphatic rings. The number of hydrogen-bond acceptors (Lipinski definition) is 7. The zero-order chi connectivity index (χ0) is 25.9. The number of carbonyl (C=O) groups excluding carboxylic acids is 1. The maximum absolute atomic E-state index is 13.6. The molecule has 2 aromatic carbocycles. The Morgan fingerprint density at radius 3 is 2.81 bits per heavy atom. The largest absolute Gasteiger partial charge is 0.484 e. The highest BCUT2D eigenvalue weighted by Gasteiger charge is 2.53. The monoisotopic (exact) mass is 554 g/mol. The SMILES string of the molecule is CC(=O)[C@H]1[C@@H]2c3ccccc3O[C@]1(C)N=c1s/c(=C/c3ccc(COc4cccc(Cl)c4Cl)o3)c(=O)n12. The molecule has 0 fully saturated rings. The van der Waals surface area contributed by atoms with E-state index in [2.05, 4.69) is 0 Å². The van der Waals surface area contributed by atoms with Gasteiger partial charge in [-0.3, -0.25) is 14.2 Å². The lowest BCUT2D eigenvalue weighted by molar-refractivity contribution is -0.132. The third-order valence-electron chi connectivity index (χ3n) is 6.56. The Kier molecular flexibility index (Phi) is 5.78. The molecule has 0 amide bonds. The lowest BCUT2D eigenvalue weighted by Gasteiger charge is -2.45. The van der Waals surface area contributed by atoms with Crippen LogP contribution in [0.5, 0.6) is 11.5 Å². The summed E-state index contributed by atoms with van der Waals surface area (Å²) in [4.78, 5) is 31.6. The van der Waals surface area contributed by atoms with Crippen molar-refractivity contribution in [3.63, 3.8) is 0 Å². The van der Waals surface area contributed by atoms with Crippen LogP contribution >= 0.6 is 34.5 Å². The standard InChI is InChI=1S/C27H20Cl2N2O5S/c1-14(32)22-24-17-6-3-4-8-19(17)36-27(22,2)30-26-31(24)25(33)21(37-26)12-15-10-11-16(35-15)13-34-20-9-5-7-18(28)23(20)29/h3-12,22,24H,13H2,1-2H3/b21-12+/t22-,24-,27-/m0/s1. The van der Waals surface area contributed by atoms with Gasteiger partial charge in [-0.05, 0) is 44.2 Å². The molecule has 0 saturated heterocycles. The molecule has 0 N–H and O–H groups in total. The first-order valence-corrected chi connectivity index (χ1v) is 13.1. The summed E-state index contributed by atoms with van der Waals surface area (Å²) in [5.41, 5.74) is -0.547. The number of Topliss-reactive ketones (excluding diaryl/α,β-unsaturated/α-hetero) is 1. The minimum absolute atomic E-state index is 0.0875. The van der Waals surface area contributed by atoms with Crippen molar-refractivity contribution in [1.82, 2.24) is 4.57 Å². The molecule has 2 aliphatic heterocycles. The highest BCUT2D eigenvalue weighted by molar-refractivity contribution is 7.07. The summed E-state index contributed by atoms with van der Waals surface area (Å²) < 4.78 is 19.9. The number of halogens is 2.